The van der Waals surface area contributed by atoms with Gasteiger partial charge in [0, 0.05) is 12.1 Å². The quantitative estimate of drug-likeness (QED) is 0.813. The Morgan fingerprint density at radius 3 is 2.30 bits per heavy atom. The molecule has 0 radical (unpaired) electrons. The molecule has 1 unspecified atom stereocenters. The van der Waals surface area contributed by atoms with E-state index in [9.17, 15) is 9.59 Å². The van der Waals surface area contributed by atoms with Crippen molar-refractivity contribution in [3.8, 4) is 0 Å². The van der Waals surface area contributed by atoms with E-state index < -0.39 is 5.97 Å². The van der Waals surface area contributed by atoms with Crippen LogP contribution in [0.2, 0.25) is 0 Å². The monoisotopic (exact) mass is 285 g/mol. The predicted octanol–water partition coefficient (Wildman–Crippen LogP) is 3.28. The van der Waals surface area contributed by atoms with Crippen LogP contribution in [0.15, 0.2) is 0 Å². The number of aliphatic carboxylic acids is 1. The largest absolute Gasteiger partial charge is 0.481 e. The van der Waals surface area contributed by atoms with E-state index in [0.29, 0.717) is 6.61 Å². The molecule has 0 aromatic carbocycles. The Balaban J connectivity index is 2.92. The Labute approximate surface area is 121 Å². The molecule has 5 nitrogen and oxygen atoms in total. The van der Waals surface area contributed by atoms with Crippen LogP contribution in [-0.2, 0) is 9.53 Å². The summed E-state index contributed by atoms with van der Waals surface area (Å²) in [6.45, 7) is 6.02. The van der Waals surface area contributed by atoms with Crippen LogP contribution >= 0.6 is 0 Å². The van der Waals surface area contributed by atoms with Gasteiger partial charge in [0.2, 0.25) is 0 Å². The number of carboxylic acids is 1. The molecule has 1 atom stereocenters. The predicted molar refractivity (Wildman–Crippen MR) is 76.6 cm³/mol. The second kappa shape index (κ2) is 8.12. The highest BCUT2D eigenvalue weighted by Gasteiger charge is 2.35. The van der Waals surface area contributed by atoms with Crippen molar-refractivity contribution in [1.82, 2.24) is 4.90 Å². The maximum atomic E-state index is 12.3. The fraction of sp³-hybridized carbons (Fsp3) is 0.867. The summed E-state index contributed by atoms with van der Waals surface area (Å²) >= 11 is 0. The molecular weight excluding hydrogens is 258 g/mol. The summed E-state index contributed by atoms with van der Waals surface area (Å²) in [4.78, 5) is 25.1. The molecule has 1 N–H and O–H groups in total. The summed E-state index contributed by atoms with van der Waals surface area (Å²) in [6, 6.07) is -0.177. The molecule has 1 fully saturated rings. The van der Waals surface area contributed by atoms with Crippen LogP contribution in [0, 0.1) is 5.92 Å². The topological polar surface area (TPSA) is 66.8 Å². The van der Waals surface area contributed by atoms with Crippen molar-refractivity contribution in [2.75, 3.05) is 6.61 Å². The fourth-order valence-corrected chi connectivity index (χ4v) is 2.95. The summed E-state index contributed by atoms with van der Waals surface area (Å²) in [7, 11) is 0. The number of ether oxygens (including phenoxy) is 1. The third kappa shape index (κ3) is 4.69. The van der Waals surface area contributed by atoms with Gasteiger partial charge in [-0.1, -0.05) is 33.1 Å². The molecule has 5 heteroatoms. The third-order valence-electron chi connectivity index (χ3n) is 3.96. The van der Waals surface area contributed by atoms with Crippen LogP contribution in [0.4, 0.5) is 4.79 Å². The van der Waals surface area contributed by atoms with E-state index in [0.717, 1.165) is 25.7 Å². The van der Waals surface area contributed by atoms with Crippen LogP contribution in [-0.4, -0.2) is 40.8 Å². The molecule has 1 amide bonds. The number of nitrogens with zero attached hydrogens (tertiary/aromatic N) is 1. The van der Waals surface area contributed by atoms with E-state index in [4.69, 9.17) is 9.84 Å². The average Bonchev–Trinajstić information content (AvgIpc) is 2.39. The van der Waals surface area contributed by atoms with Gasteiger partial charge in [-0.05, 0) is 25.7 Å². The Bertz CT molecular complexity index is 324. The lowest BCUT2D eigenvalue weighted by molar-refractivity contribution is -0.139. The summed E-state index contributed by atoms with van der Waals surface area (Å²) in [5, 5.41) is 9.11. The first-order valence-corrected chi connectivity index (χ1v) is 7.64. The maximum absolute atomic E-state index is 12.3. The van der Waals surface area contributed by atoms with Crippen molar-refractivity contribution < 1.29 is 19.4 Å². The summed E-state index contributed by atoms with van der Waals surface area (Å²) in [5.74, 6) is -0.772. The first kappa shape index (κ1) is 16.8. The SMILES string of the molecule is CCOC(=O)N(C1CCCCC1)C(CC(=O)O)C(C)C. The molecule has 0 aliphatic heterocycles. The minimum absolute atomic E-state index is 0.0209. The van der Waals surface area contributed by atoms with Crippen molar-refractivity contribution >= 4 is 12.1 Å². The van der Waals surface area contributed by atoms with E-state index in [2.05, 4.69) is 0 Å². The van der Waals surface area contributed by atoms with Gasteiger partial charge >= 0.3 is 12.1 Å². The smallest absolute Gasteiger partial charge is 0.410 e. The zero-order valence-corrected chi connectivity index (χ0v) is 12.8. The molecule has 1 aliphatic carbocycles. The Morgan fingerprint density at radius 2 is 1.85 bits per heavy atom. The first-order valence-electron chi connectivity index (χ1n) is 7.64. The minimum atomic E-state index is -0.867. The number of hydrogen-bond acceptors (Lipinski definition) is 3. The van der Waals surface area contributed by atoms with Gasteiger partial charge in [-0.2, -0.15) is 0 Å². The zero-order chi connectivity index (χ0) is 15.1. The van der Waals surface area contributed by atoms with Crippen molar-refractivity contribution in [1.29, 1.82) is 0 Å². The lowest BCUT2D eigenvalue weighted by Gasteiger charge is -2.40. The highest BCUT2D eigenvalue weighted by Crippen LogP contribution is 2.28. The molecule has 1 saturated carbocycles. The van der Waals surface area contributed by atoms with E-state index in [1.807, 2.05) is 13.8 Å². The van der Waals surface area contributed by atoms with Crippen molar-refractivity contribution in [2.45, 2.75) is 71.4 Å². The van der Waals surface area contributed by atoms with E-state index in [-0.39, 0.29) is 30.5 Å². The van der Waals surface area contributed by atoms with Crippen LogP contribution in [0.25, 0.3) is 0 Å². The molecule has 1 aliphatic rings. The van der Waals surface area contributed by atoms with Crippen LogP contribution in [0.1, 0.15) is 59.3 Å². The number of carbonyl (C=O) groups is 2. The average molecular weight is 285 g/mol. The van der Waals surface area contributed by atoms with Gasteiger partial charge in [0.1, 0.15) is 0 Å². The van der Waals surface area contributed by atoms with E-state index in [1.165, 1.54) is 6.42 Å². The molecule has 0 aromatic rings. The van der Waals surface area contributed by atoms with Crippen molar-refractivity contribution in [3.63, 3.8) is 0 Å². The van der Waals surface area contributed by atoms with E-state index in [1.54, 1.807) is 11.8 Å². The van der Waals surface area contributed by atoms with Gasteiger partial charge in [-0.25, -0.2) is 4.79 Å². The lowest BCUT2D eigenvalue weighted by Crippen LogP contribution is -2.51. The standard InChI is InChI=1S/C15H27NO4/c1-4-20-15(19)16(12-8-6-5-7-9-12)13(11(2)3)10-14(17)18/h11-13H,4-10H2,1-3H3,(H,17,18). The molecule has 20 heavy (non-hydrogen) atoms. The molecule has 0 aromatic heterocycles. The van der Waals surface area contributed by atoms with Gasteiger partial charge in [0.25, 0.3) is 0 Å². The third-order valence-corrected chi connectivity index (χ3v) is 3.96. The molecular formula is C15H27NO4. The van der Waals surface area contributed by atoms with Crippen LogP contribution < -0.4 is 0 Å². The summed E-state index contributed by atoms with van der Waals surface area (Å²) < 4.78 is 5.16. The Hall–Kier alpha value is -1.26. The number of rotatable bonds is 6. The molecule has 1 rings (SSSR count). The van der Waals surface area contributed by atoms with Gasteiger partial charge in [0.05, 0.1) is 13.0 Å². The second-order valence-corrected chi connectivity index (χ2v) is 5.81. The second-order valence-electron chi connectivity index (χ2n) is 5.81. The Kier molecular flexibility index (Phi) is 6.82. The fourth-order valence-electron chi connectivity index (χ4n) is 2.95. The van der Waals surface area contributed by atoms with Crippen LogP contribution in [0.5, 0.6) is 0 Å². The normalized spacial score (nSPS) is 17.8. The van der Waals surface area contributed by atoms with Crippen molar-refractivity contribution in [3.05, 3.63) is 0 Å². The maximum Gasteiger partial charge on any atom is 0.410 e. The zero-order valence-electron chi connectivity index (χ0n) is 12.8. The number of amides is 1. The minimum Gasteiger partial charge on any atom is -0.481 e. The van der Waals surface area contributed by atoms with Gasteiger partial charge in [0.15, 0.2) is 0 Å². The van der Waals surface area contributed by atoms with Gasteiger partial charge in [-0.15, -0.1) is 0 Å². The van der Waals surface area contributed by atoms with E-state index >= 15 is 0 Å². The summed E-state index contributed by atoms with van der Waals surface area (Å²) in [6.07, 6.45) is 4.89. The number of carboxylic acid groups (broad SMARTS) is 1. The Morgan fingerprint density at radius 1 is 1.25 bits per heavy atom. The molecule has 0 heterocycles. The molecule has 0 saturated heterocycles. The highest BCUT2D eigenvalue weighted by atomic mass is 16.6. The van der Waals surface area contributed by atoms with Crippen molar-refractivity contribution in [2.24, 2.45) is 5.92 Å². The number of hydrogen-bond donors (Lipinski definition) is 1. The number of carbonyl (C=O) groups excluding carboxylic acids is 1. The van der Waals surface area contributed by atoms with Gasteiger partial charge < -0.3 is 14.7 Å². The van der Waals surface area contributed by atoms with Crippen LogP contribution in [0.3, 0.4) is 0 Å². The lowest BCUT2D eigenvalue weighted by atomic mass is 9.90. The van der Waals surface area contributed by atoms with Gasteiger partial charge in [-0.3, -0.25) is 4.79 Å². The molecule has 116 valence electrons. The molecule has 0 spiro atoms. The summed E-state index contributed by atoms with van der Waals surface area (Å²) in [5.41, 5.74) is 0. The molecule has 0 bridgehead atoms. The first-order chi connectivity index (χ1) is 9.47. The highest BCUT2D eigenvalue weighted by molar-refractivity contribution is 5.72.